The molecule has 2 aromatic rings. The molecule has 1 amide bonds. The quantitative estimate of drug-likeness (QED) is 0.825. The van der Waals surface area contributed by atoms with Crippen LogP contribution >= 0.6 is 11.6 Å². The van der Waals surface area contributed by atoms with Gasteiger partial charge in [0.2, 0.25) is 0 Å². The summed E-state index contributed by atoms with van der Waals surface area (Å²) in [6, 6.07) is 4.89. The fourth-order valence-corrected chi connectivity index (χ4v) is 1.57. The lowest BCUT2D eigenvalue weighted by molar-refractivity contribution is 0.0942. The number of nitrogens with one attached hydrogen (secondary N) is 1. The molecule has 0 radical (unpaired) electrons. The molecule has 7 heteroatoms. The minimum Gasteiger partial charge on any atom is -0.398 e. The van der Waals surface area contributed by atoms with E-state index in [2.05, 4.69) is 15.5 Å². The summed E-state index contributed by atoms with van der Waals surface area (Å²) >= 11 is 5.79. The lowest BCUT2D eigenvalue weighted by atomic mass is 10.2. The van der Waals surface area contributed by atoms with E-state index in [0.717, 1.165) is 0 Å². The van der Waals surface area contributed by atoms with Gasteiger partial charge in [-0.15, -0.1) is 0 Å². The van der Waals surface area contributed by atoms with Crippen LogP contribution in [0.5, 0.6) is 0 Å². The Morgan fingerprint density at radius 1 is 1.56 bits per heavy atom. The first-order chi connectivity index (χ1) is 8.61. The molecule has 1 heterocycles. The van der Waals surface area contributed by atoms with Crippen LogP contribution in [0.2, 0.25) is 5.02 Å². The molecule has 0 unspecified atom stereocenters. The van der Waals surface area contributed by atoms with Crippen LogP contribution in [-0.4, -0.2) is 22.6 Å². The van der Waals surface area contributed by atoms with Gasteiger partial charge < -0.3 is 15.6 Å². The van der Waals surface area contributed by atoms with Gasteiger partial charge in [-0.3, -0.25) is 4.79 Å². The summed E-state index contributed by atoms with van der Waals surface area (Å²) in [5.41, 5.74) is 6.74. The Bertz CT molecular complexity index is 582. The van der Waals surface area contributed by atoms with Gasteiger partial charge >= 0.3 is 0 Å². The van der Waals surface area contributed by atoms with Crippen LogP contribution < -0.4 is 11.1 Å². The molecule has 0 fully saturated rings. The molecule has 1 aromatic carbocycles. The molecule has 0 aliphatic rings. The van der Waals surface area contributed by atoms with Crippen molar-refractivity contribution >= 4 is 23.2 Å². The zero-order chi connectivity index (χ0) is 13.1. The molecule has 0 aliphatic heterocycles. The summed E-state index contributed by atoms with van der Waals surface area (Å²) in [7, 11) is 0. The van der Waals surface area contributed by atoms with Crippen LogP contribution in [0, 0.1) is 0 Å². The van der Waals surface area contributed by atoms with Crippen LogP contribution in [0.1, 0.15) is 17.5 Å². The number of aromatic nitrogens is 2. The van der Waals surface area contributed by atoms with Crippen molar-refractivity contribution < 1.29 is 9.32 Å². The summed E-state index contributed by atoms with van der Waals surface area (Å²) in [6.07, 6.45) is 0. The van der Waals surface area contributed by atoms with Gasteiger partial charge in [-0.05, 0) is 25.1 Å². The van der Waals surface area contributed by atoms with Crippen molar-refractivity contribution in [3.63, 3.8) is 0 Å². The second-order valence-corrected chi connectivity index (χ2v) is 3.95. The topological polar surface area (TPSA) is 94.0 Å². The Morgan fingerprint density at radius 2 is 2.33 bits per heavy atom. The molecule has 94 valence electrons. The molecule has 2 rings (SSSR count). The highest BCUT2D eigenvalue weighted by Gasteiger charge is 2.16. The Balaban J connectivity index is 2.32. The Kier molecular flexibility index (Phi) is 3.47. The standard InChI is InChI=1S/C11H11ClN4O2/c1-2-14-10(17)9-15-11(18-16-9)7-4-3-6(12)5-8(7)13/h3-5H,2,13H2,1H3,(H,14,17). The van der Waals surface area contributed by atoms with Gasteiger partial charge in [0.05, 0.1) is 5.56 Å². The minimum atomic E-state index is -0.389. The molecule has 0 saturated heterocycles. The first-order valence-corrected chi connectivity index (χ1v) is 5.67. The number of nitrogens with two attached hydrogens (primary N) is 1. The van der Waals surface area contributed by atoms with Crippen molar-refractivity contribution in [3.05, 3.63) is 29.0 Å². The molecule has 0 atom stereocenters. The zero-order valence-electron chi connectivity index (χ0n) is 9.61. The van der Waals surface area contributed by atoms with Crippen molar-refractivity contribution in [1.82, 2.24) is 15.5 Å². The molecule has 0 spiro atoms. The zero-order valence-corrected chi connectivity index (χ0v) is 10.4. The minimum absolute atomic E-state index is 0.0267. The third-order valence-electron chi connectivity index (χ3n) is 2.21. The normalized spacial score (nSPS) is 10.3. The fraction of sp³-hybridized carbons (Fsp3) is 0.182. The van der Waals surface area contributed by atoms with Crippen molar-refractivity contribution in [3.8, 4) is 11.5 Å². The summed E-state index contributed by atoms with van der Waals surface area (Å²) in [5.74, 6) is -0.230. The van der Waals surface area contributed by atoms with Gasteiger partial charge in [0.25, 0.3) is 17.6 Å². The third-order valence-corrected chi connectivity index (χ3v) is 2.45. The van der Waals surface area contributed by atoms with Gasteiger partial charge in [-0.25, -0.2) is 0 Å². The van der Waals surface area contributed by atoms with Crippen LogP contribution in [0.15, 0.2) is 22.7 Å². The predicted octanol–water partition coefficient (Wildman–Crippen LogP) is 1.72. The summed E-state index contributed by atoms with van der Waals surface area (Å²) in [4.78, 5) is 15.5. The number of anilines is 1. The molecule has 0 bridgehead atoms. The number of amides is 1. The molecular formula is C11H11ClN4O2. The third kappa shape index (κ3) is 2.43. The number of nitrogens with zero attached hydrogens (tertiary/aromatic N) is 2. The Morgan fingerprint density at radius 3 is 3.00 bits per heavy atom. The molecule has 18 heavy (non-hydrogen) atoms. The molecule has 0 saturated carbocycles. The average Bonchev–Trinajstić information content (AvgIpc) is 2.78. The Labute approximate surface area is 108 Å². The number of hydrogen-bond donors (Lipinski definition) is 2. The maximum absolute atomic E-state index is 11.5. The largest absolute Gasteiger partial charge is 0.398 e. The second-order valence-electron chi connectivity index (χ2n) is 3.51. The predicted molar refractivity (Wildman–Crippen MR) is 67.2 cm³/mol. The van der Waals surface area contributed by atoms with E-state index >= 15 is 0 Å². The van der Waals surface area contributed by atoms with Crippen molar-refractivity contribution in [2.75, 3.05) is 12.3 Å². The number of carbonyl (C=O) groups is 1. The second kappa shape index (κ2) is 5.05. The summed E-state index contributed by atoms with van der Waals surface area (Å²) < 4.78 is 4.99. The van der Waals surface area contributed by atoms with Crippen molar-refractivity contribution in [1.29, 1.82) is 0 Å². The van der Waals surface area contributed by atoms with Gasteiger partial charge in [0, 0.05) is 17.3 Å². The fourth-order valence-electron chi connectivity index (χ4n) is 1.39. The highest BCUT2D eigenvalue weighted by Crippen LogP contribution is 2.26. The first-order valence-electron chi connectivity index (χ1n) is 5.29. The monoisotopic (exact) mass is 266 g/mol. The smallest absolute Gasteiger partial charge is 0.292 e. The highest BCUT2D eigenvalue weighted by atomic mass is 35.5. The highest BCUT2D eigenvalue weighted by molar-refractivity contribution is 6.31. The number of carbonyl (C=O) groups excluding carboxylic acids is 1. The molecule has 3 N–H and O–H groups in total. The van der Waals surface area contributed by atoms with Gasteiger partial charge in [-0.1, -0.05) is 16.8 Å². The van der Waals surface area contributed by atoms with Crippen LogP contribution in [0.25, 0.3) is 11.5 Å². The van der Waals surface area contributed by atoms with Gasteiger partial charge in [0.1, 0.15) is 0 Å². The van der Waals surface area contributed by atoms with Crippen LogP contribution in [0.3, 0.4) is 0 Å². The maximum atomic E-state index is 11.5. The van der Waals surface area contributed by atoms with E-state index in [4.69, 9.17) is 21.9 Å². The molecular weight excluding hydrogens is 256 g/mol. The van der Waals surface area contributed by atoms with E-state index in [1.807, 2.05) is 0 Å². The number of halogens is 1. The summed E-state index contributed by atoms with van der Waals surface area (Å²) in [6.45, 7) is 2.29. The lowest BCUT2D eigenvalue weighted by Crippen LogP contribution is -2.23. The molecule has 1 aromatic heterocycles. The van der Waals surface area contributed by atoms with E-state index in [1.54, 1.807) is 25.1 Å². The number of nitrogen functional groups attached to an aromatic ring is 1. The number of hydrogen-bond acceptors (Lipinski definition) is 5. The van der Waals surface area contributed by atoms with E-state index in [1.165, 1.54) is 0 Å². The molecule has 0 aliphatic carbocycles. The van der Waals surface area contributed by atoms with E-state index in [9.17, 15) is 4.79 Å². The number of rotatable bonds is 3. The maximum Gasteiger partial charge on any atom is 0.292 e. The van der Waals surface area contributed by atoms with Crippen LogP contribution in [0.4, 0.5) is 5.69 Å². The van der Waals surface area contributed by atoms with Gasteiger partial charge in [-0.2, -0.15) is 4.98 Å². The first kappa shape index (κ1) is 12.4. The molecule has 6 nitrogen and oxygen atoms in total. The van der Waals surface area contributed by atoms with E-state index in [-0.39, 0.29) is 17.6 Å². The summed E-state index contributed by atoms with van der Waals surface area (Å²) in [5, 5.41) is 6.68. The number of benzene rings is 1. The Hall–Kier alpha value is -2.08. The SMILES string of the molecule is CCNC(=O)c1noc(-c2ccc(Cl)cc2N)n1. The average molecular weight is 267 g/mol. The van der Waals surface area contributed by atoms with Gasteiger partial charge in [0.15, 0.2) is 0 Å². The van der Waals surface area contributed by atoms with Crippen molar-refractivity contribution in [2.45, 2.75) is 6.92 Å². The van der Waals surface area contributed by atoms with E-state index < -0.39 is 0 Å². The van der Waals surface area contributed by atoms with Crippen molar-refractivity contribution in [2.24, 2.45) is 0 Å². The van der Waals surface area contributed by atoms with E-state index in [0.29, 0.717) is 22.8 Å². The van der Waals surface area contributed by atoms with Crippen LogP contribution in [-0.2, 0) is 0 Å². The lowest BCUT2D eigenvalue weighted by Gasteiger charge is -2.00.